The molecule has 1 atom stereocenters. The molecular formula is C21H32N4O3. The van der Waals surface area contributed by atoms with Crippen LogP contribution in [-0.4, -0.2) is 70.5 Å². The fourth-order valence-electron chi connectivity index (χ4n) is 3.93. The van der Waals surface area contributed by atoms with Crippen molar-refractivity contribution in [3.63, 3.8) is 0 Å². The van der Waals surface area contributed by atoms with Gasteiger partial charge in [-0.1, -0.05) is 13.8 Å². The molecule has 28 heavy (non-hydrogen) atoms. The third-order valence-electron chi connectivity index (χ3n) is 5.90. The molecule has 3 heterocycles. The molecule has 2 amide bonds. The number of carbonyl (C=O) groups is 2. The van der Waals surface area contributed by atoms with Gasteiger partial charge in [0.15, 0.2) is 0 Å². The number of pyridine rings is 1. The monoisotopic (exact) mass is 388 g/mol. The van der Waals surface area contributed by atoms with Crippen molar-refractivity contribution in [3.05, 3.63) is 23.9 Å². The van der Waals surface area contributed by atoms with E-state index in [1.165, 1.54) is 0 Å². The summed E-state index contributed by atoms with van der Waals surface area (Å²) >= 11 is 0. The van der Waals surface area contributed by atoms with Gasteiger partial charge in [-0.25, -0.2) is 4.98 Å². The van der Waals surface area contributed by atoms with Crippen molar-refractivity contribution >= 4 is 17.6 Å². The molecule has 3 rings (SSSR count). The van der Waals surface area contributed by atoms with Crippen LogP contribution in [0.25, 0.3) is 0 Å². The zero-order chi connectivity index (χ0) is 20.1. The lowest BCUT2D eigenvalue weighted by atomic mass is 9.96. The van der Waals surface area contributed by atoms with Crippen LogP contribution in [0, 0.1) is 11.8 Å². The first-order valence-corrected chi connectivity index (χ1v) is 10.4. The van der Waals surface area contributed by atoms with Crippen molar-refractivity contribution in [1.82, 2.24) is 14.8 Å². The van der Waals surface area contributed by atoms with E-state index in [1.54, 1.807) is 18.3 Å². The van der Waals surface area contributed by atoms with Crippen LogP contribution in [0.3, 0.4) is 0 Å². The summed E-state index contributed by atoms with van der Waals surface area (Å²) in [5, 5.41) is 12.6. The second-order valence-corrected chi connectivity index (χ2v) is 8.29. The van der Waals surface area contributed by atoms with Gasteiger partial charge in [0.05, 0.1) is 18.2 Å². The molecule has 0 radical (unpaired) electrons. The number of carbonyl (C=O) groups excluding carboxylic acids is 2. The van der Waals surface area contributed by atoms with E-state index >= 15 is 0 Å². The molecule has 2 N–H and O–H groups in total. The molecule has 7 heteroatoms. The Morgan fingerprint density at radius 1 is 1.29 bits per heavy atom. The molecule has 0 aromatic carbocycles. The number of nitrogens with zero attached hydrogens (tertiary/aromatic N) is 3. The molecule has 2 aliphatic rings. The van der Waals surface area contributed by atoms with Crippen LogP contribution in [0.2, 0.25) is 0 Å². The SMILES string of the molecule is CC(C)[C@@H](CO)Nc1ccc(C(=O)N2CCC(CN3CCCC3=O)CC2)cn1. The van der Waals surface area contributed by atoms with Crippen molar-refractivity contribution in [2.75, 3.05) is 38.1 Å². The van der Waals surface area contributed by atoms with Crippen LogP contribution in [0.15, 0.2) is 18.3 Å². The summed E-state index contributed by atoms with van der Waals surface area (Å²) in [6.07, 6.45) is 5.15. The second kappa shape index (κ2) is 9.37. The zero-order valence-corrected chi connectivity index (χ0v) is 16.9. The maximum Gasteiger partial charge on any atom is 0.255 e. The third kappa shape index (κ3) is 5.01. The first-order chi connectivity index (χ1) is 13.5. The summed E-state index contributed by atoms with van der Waals surface area (Å²) in [6, 6.07) is 3.53. The summed E-state index contributed by atoms with van der Waals surface area (Å²) in [5.41, 5.74) is 0.587. The minimum absolute atomic E-state index is 0.0114. The topological polar surface area (TPSA) is 85.8 Å². The fraction of sp³-hybridized carbons (Fsp3) is 0.667. The Morgan fingerprint density at radius 3 is 2.57 bits per heavy atom. The molecule has 1 aromatic rings. The molecule has 7 nitrogen and oxygen atoms in total. The predicted molar refractivity (Wildman–Crippen MR) is 108 cm³/mol. The van der Waals surface area contributed by atoms with E-state index in [2.05, 4.69) is 10.3 Å². The number of nitrogens with one attached hydrogen (secondary N) is 1. The number of rotatable bonds is 7. The van der Waals surface area contributed by atoms with Gasteiger partial charge in [-0.2, -0.15) is 0 Å². The third-order valence-corrected chi connectivity index (χ3v) is 5.90. The Bertz CT molecular complexity index is 669. The van der Waals surface area contributed by atoms with E-state index in [0.29, 0.717) is 23.7 Å². The molecule has 0 unspecified atom stereocenters. The average Bonchev–Trinajstić information content (AvgIpc) is 3.11. The van der Waals surface area contributed by atoms with Gasteiger partial charge in [-0.3, -0.25) is 9.59 Å². The number of aliphatic hydroxyl groups is 1. The molecule has 0 aliphatic carbocycles. The highest BCUT2D eigenvalue weighted by Crippen LogP contribution is 2.22. The van der Waals surface area contributed by atoms with Crippen molar-refractivity contribution in [1.29, 1.82) is 0 Å². The molecule has 0 bridgehead atoms. The molecular weight excluding hydrogens is 356 g/mol. The van der Waals surface area contributed by atoms with Crippen LogP contribution in [0.4, 0.5) is 5.82 Å². The Morgan fingerprint density at radius 2 is 2.04 bits per heavy atom. The summed E-state index contributed by atoms with van der Waals surface area (Å²) in [6.45, 7) is 7.29. The number of aromatic nitrogens is 1. The van der Waals surface area contributed by atoms with Crippen LogP contribution in [0.1, 0.15) is 49.9 Å². The zero-order valence-electron chi connectivity index (χ0n) is 16.9. The molecule has 1 aromatic heterocycles. The van der Waals surface area contributed by atoms with Crippen LogP contribution < -0.4 is 5.32 Å². The molecule has 2 aliphatic heterocycles. The van der Waals surface area contributed by atoms with Gasteiger partial charge in [0, 0.05) is 38.8 Å². The smallest absolute Gasteiger partial charge is 0.255 e. The second-order valence-electron chi connectivity index (χ2n) is 8.29. The quantitative estimate of drug-likeness (QED) is 0.746. The van der Waals surface area contributed by atoms with E-state index in [1.807, 2.05) is 23.6 Å². The van der Waals surface area contributed by atoms with E-state index in [9.17, 15) is 14.7 Å². The molecule has 0 spiro atoms. The van der Waals surface area contributed by atoms with E-state index in [-0.39, 0.29) is 30.4 Å². The predicted octanol–water partition coefficient (Wildman–Crippen LogP) is 1.98. The highest BCUT2D eigenvalue weighted by molar-refractivity contribution is 5.94. The normalized spacial score (nSPS) is 19.4. The molecule has 154 valence electrons. The number of aliphatic hydroxyl groups excluding tert-OH is 1. The van der Waals surface area contributed by atoms with E-state index in [4.69, 9.17) is 0 Å². The van der Waals surface area contributed by atoms with Crippen molar-refractivity contribution in [3.8, 4) is 0 Å². The number of hydrogen-bond acceptors (Lipinski definition) is 5. The number of anilines is 1. The lowest BCUT2D eigenvalue weighted by Gasteiger charge is -2.34. The number of likely N-dealkylation sites (tertiary alicyclic amines) is 2. The first kappa shape index (κ1) is 20.6. The first-order valence-electron chi connectivity index (χ1n) is 10.4. The maximum atomic E-state index is 12.8. The average molecular weight is 389 g/mol. The number of hydrogen-bond donors (Lipinski definition) is 2. The van der Waals surface area contributed by atoms with Gasteiger partial charge < -0.3 is 20.2 Å². The minimum Gasteiger partial charge on any atom is -0.394 e. The lowest BCUT2D eigenvalue weighted by molar-refractivity contribution is -0.128. The van der Waals surface area contributed by atoms with Crippen LogP contribution in [0.5, 0.6) is 0 Å². The number of amides is 2. The fourth-order valence-corrected chi connectivity index (χ4v) is 3.93. The number of piperidine rings is 1. The van der Waals surface area contributed by atoms with Gasteiger partial charge in [-0.15, -0.1) is 0 Å². The molecule has 2 saturated heterocycles. The molecule has 2 fully saturated rings. The van der Waals surface area contributed by atoms with Crippen LogP contribution >= 0.6 is 0 Å². The molecule has 0 saturated carbocycles. The van der Waals surface area contributed by atoms with Gasteiger partial charge in [0.25, 0.3) is 5.91 Å². The summed E-state index contributed by atoms with van der Waals surface area (Å²) in [4.78, 5) is 32.8. The van der Waals surface area contributed by atoms with Crippen molar-refractivity contribution in [2.24, 2.45) is 11.8 Å². The maximum absolute atomic E-state index is 12.8. The lowest BCUT2D eigenvalue weighted by Crippen LogP contribution is -2.41. The van der Waals surface area contributed by atoms with Crippen molar-refractivity contribution < 1.29 is 14.7 Å². The summed E-state index contributed by atoms with van der Waals surface area (Å²) in [7, 11) is 0. The highest BCUT2D eigenvalue weighted by Gasteiger charge is 2.28. The summed E-state index contributed by atoms with van der Waals surface area (Å²) < 4.78 is 0. The highest BCUT2D eigenvalue weighted by atomic mass is 16.3. The Labute approximate surface area is 167 Å². The minimum atomic E-state index is -0.0597. The van der Waals surface area contributed by atoms with E-state index in [0.717, 1.165) is 45.4 Å². The Balaban J connectivity index is 1.50. The van der Waals surface area contributed by atoms with Crippen molar-refractivity contribution in [2.45, 2.75) is 45.6 Å². The Hall–Kier alpha value is -2.15. The van der Waals surface area contributed by atoms with Crippen LogP contribution in [-0.2, 0) is 4.79 Å². The van der Waals surface area contributed by atoms with Gasteiger partial charge in [0.2, 0.25) is 5.91 Å². The van der Waals surface area contributed by atoms with Gasteiger partial charge >= 0.3 is 0 Å². The standard InChI is InChI=1S/C21H32N4O3/c1-15(2)18(14-26)23-19-6-5-17(12-22-19)21(28)24-10-7-16(8-11-24)13-25-9-3-4-20(25)27/h5-6,12,15-16,18,26H,3-4,7-11,13-14H2,1-2H3,(H,22,23)/t18-/m1/s1. The van der Waals surface area contributed by atoms with E-state index < -0.39 is 0 Å². The van der Waals surface area contributed by atoms with Gasteiger partial charge in [-0.05, 0) is 43.2 Å². The van der Waals surface area contributed by atoms with Gasteiger partial charge in [0.1, 0.15) is 5.82 Å². The largest absolute Gasteiger partial charge is 0.394 e. The Kier molecular flexibility index (Phi) is 6.88. The summed E-state index contributed by atoms with van der Waals surface area (Å²) in [5.74, 6) is 1.72.